The maximum atomic E-state index is 12.8. The maximum absolute atomic E-state index is 12.8. The average Bonchev–Trinajstić information content (AvgIpc) is 3.20. The molecule has 4 amide bonds. The fraction of sp³-hybridized carbons (Fsp3) is 0.286. The second-order valence-electron chi connectivity index (χ2n) is 7.36. The van der Waals surface area contributed by atoms with Gasteiger partial charge >= 0.3 is 12.1 Å². The lowest BCUT2D eigenvalue weighted by atomic mass is 9.88. The van der Waals surface area contributed by atoms with Crippen LogP contribution >= 0.6 is 0 Å². The number of carbonyl (C=O) groups excluding carboxylic acids is 2. The Balaban J connectivity index is 1.39. The summed E-state index contributed by atoms with van der Waals surface area (Å²) in [6.45, 7) is 0. The van der Waals surface area contributed by atoms with Gasteiger partial charge in [0.25, 0.3) is 0 Å². The highest BCUT2D eigenvalue weighted by Gasteiger charge is 2.54. The van der Waals surface area contributed by atoms with Gasteiger partial charge in [0.15, 0.2) is 0 Å². The lowest BCUT2D eigenvalue weighted by Gasteiger charge is -2.30. The molecule has 4 atom stereocenters. The Bertz CT molecular complexity index is 972. The fourth-order valence-electron chi connectivity index (χ4n) is 4.72. The van der Waals surface area contributed by atoms with E-state index in [4.69, 9.17) is 4.74 Å². The van der Waals surface area contributed by atoms with Crippen molar-refractivity contribution in [3.63, 3.8) is 0 Å². The molecule has 7 heteroatoms. The van der Waals surface area contributed by atoms with E-state index in [1.54, 1.807) is 19.2 Å². The second kappa shape index (κ2) is 6.37. The van der Waals surface area contributed by atoms with Crippen LogP contribution in [0.25, 0.3) is 0 Å². The fourth-order valence-corrected chi connectivity index (χ4v) is 4.72. The Morgan fingerprint density at radius 1 is 1.04 bits per heavy atom. The summed E-state index contributed by atoms with van der Waals surface area (Å²) in [4.78, 5) is 25.5. The molecule has 0 aromatic heterocycles. The molecule has 1 saturated heterocycles. The number of methoxy groups -OCH3 is 1. The molecular formula is C21H20N4O3. The lowest BCUT2D eigenvalue weighted by Crippen LogP contribution is -2.55. The minimum absolute atomic E-state index is 0.00307. The zero-order chi connectivity index (χ0) is 19.3. The third-order valence-corrected chi connectivity index (χ3v) is 5.94. The maximum Gasteiger partial charge on any atom is 0.346 e. The summed E-state index contributed by atoms with van der Waals surface area (Å²) >= 11 is 0. The van der Waals surface area contributed by atoms with Crippen LogP contribution in [0.1, 0.15) is 34.9 Å². The first kappa shape index (κ1) is 16.8. The standard InChI is InChI=1S/C21H20N4O3/c1-28-13-8-6-12(7-9-13)11-22-25-20(26)23-17-10-16-14-4-2-3-5-15(14)18(17)19(16)24-21(25)27/h2-9,11,16-19H,10H2,1H3,(H,23,26)(H,24,27)/b22-11+/t16-,17-,18+,19-/m1/s1. The summed E-state index contributed by atoms with van der Waals surface area (Å²) in [5.41, 5.74) is 3.27. The number of carbonyl (C=O) groups is 2. The topological polar surface area (TPSA) is 83.0 Å². The van der Waals surface area contributed by atoms with E-state index in [1.807, 2.05) is 24.3 Å². The highest BCUT2D eigenvalue weighted by Crippen LogP contribution is 2.53. The molecule has 2 fully saturated rings. The molecule has 1 saturated carbocycles. The van der Waals surface area contributed by atoms with Gasteiger partial charge in [-0.3, -0.25) is 0 Å². The van der Waals surface area contributed by atoms with E-state index in [2.05, 4.69) is 27.9 Å². The third kappa shape index (κ3) is 2.54. The number of amides is 4. The summed E-state index contributed by atoms with van der Waals surface area (Å²) in [6, 6.07) is 14.4. The Kier molecular flexibility index (Phi) is 3.82. The molecule has 2 N–H and O–H groups in total. The zero-order valence-electron chi connectivity index (χ0n) is 15.3. The van der Waals surface area contributed by atoms with Gasteiger partial charge in [0.2, 0.25) is 0 Å². The smallest absolute Gasteiger partial charge is 0.346 e. The van der Waals surface area contributed by atoms with Crippen molar-refractivity contribution >= 4 is 18.3 Å². The van der Waals surface area contributed by atoms with E-state index in [0.717, 1.165) is 22.7 Å². The largest absolute Gasteiger partial charge is 0.497 e. The predicted molar refractivity (Wildman–Crippen MR) is 104 cm³/mol. The third-order valence-electron chi connectivity index (χ3n) is 5.94. The number of urea groups is 2. The van der Waals surface area contributed by atoms with Crippen molar-refractivity contribution in [2.75, 3.05) is 7.11 Å². The first-order chi connectivity index (χ1) is 13.7. The Morgan fingerprint density at radius 3 is 2.50 bits per heavy atom. The molecule has 142 valence electrons. The minimum Gasteiger partial charge on any atom is -0.497 e. The SMILES string of the molecule is COc1ccc(/C=N/N2C(=O)N[C@H]3[C@H]4c5ccccc5[C@H]3C[C@H]4NC2=O)cc1. The number of rotatable bonds is 3. The molecule has 1 heterocycles. The minimum atomic E-state index is -0.504. The second-order valence-corrected chi connectivity index (χ2v) is 7.36. The molecule has 0 spiro atoms. The van der Waals surface area contributed by atoms with Crippen molar-refractivity contribution in [1.29, 1.82) is 0 Å². The molecule has 28 heavy (non-hydrogen) atoms. The van der Waals surface area contributed by atoms with Gasteiger partial charge in [-0.2, -0.15) is 5.10 Å². The van der Waals surface area contributed by atoms with Gasteiger partial charge in [0, 0.05) is 23.9 Å². The zero-order valence-corrected chi connectivity index (χ0v) is 15.3. The molecule has 0 unspecified atom stereocenters. The number of fused-ring (bicyclic) bond motifs is 2. The molecular weight excluding hydrogens is 356 g/mol. The number of hydrogen-bond acceptors (Lipinski definition) is 4. The highest BCUT2D eigenvalue weighted by atomic mass is 16.5. The van der Waals surface area contributed by atoms with Crippen molar-refractivity contribution in [3.8, 4) is 5.75 Å². The van der Waals surface area contributed by atoms with Crippen LogP contribution in [0.15, 0.2) is 53.6 Å². The van der Waals surface area contributed by atoms with Crippen LogP contribution in [-0.4, -0.2) is 42.5 Å². The van der Waals surface area contributed by atoms with Crippen LogP contribution in [0.5, 0.6) is 5.75 Å². The summed E-state index contributed by atoms with van der Waals surface area (Å²) in [5, 5.41) is 11.1. The molecule has 2 aromatic rings. The first-order valence-corrected chi connectivity index (χ1v) is 9.33. The van der Waals surface area contributed by atoms with Crippen molar-refractivity contribution in [2.45, 2.75) is 30.3 Å². The van der Waals surface area contributed by atoms with E-state index in [0.29, 0.717) is 0 Å². The molecule has 5 rings (SSSR count). The monoisotopic (exact) mass is 376 g/mol. The van der Waals surface area contributed by atoms with Crippen molar-refractivity contribution in [1.82, 2.24) is 15.6 Å². The van der Waals surface area contributed by atoms with E-state index in [9.17, 15) is 9.59 Å². The number of benzene rings is 2. The van der Waals surface area contributed by atoms with Crippen LogP contribution < -0.4 is 15.4 Å². The first-order valence-electron chi connectivity index (χ1n) is 9.33. The van der Waals surface area contributed by atoms with Gasteiger partial charge < -0.3 is 15.4 Å². The molecule has 1 aliphatic heterocycles. The molecule has 2 aromatic carbocycles. The Hall–Kier alpha value is -3.35. The highest BCUT2D eigenvalue weighted by molar-refractivity contribution is 5.96. The lowest BCUT2D eigenvalue weighted by molar-refractivity contribution is 0.177. The summed E-state index contributed by atoms with van der Waals surface area (Å²) in [5.74, 6) is 1.06. The Morgan fingerprint density at radius 2 is 1.75 bits per heavy atom. The van der Waals surface area contributed by atoms with E-state index in [1.165, 1.54) is 17.3 Å². The van der Waals surface area contributed by atoms with Crippen LogP contribution in [0.3, 0.4) is 0 Å². The molecule has 0 radical (unpaired) electrons. The van der Waals surface area contributed by atoms with E-state index >= 15 is 0 Å². The van der Waals surface area contributed by atoms with Gasteiger partial charge in [-0.1, -0.05) is 24.3 Å². The van der Waals surface area contributed by atoms with E-state index in [-0.39, 0.29) is 23.9 Å². The summed E-state index contributed by atoms with van der Waals surface area (Å²) in [6.07, 6.45) is 2.32. The van der Waals surface area contributed by atoms with Crippen LogP contribution in [0, 0.1) is 0 Å². The van der Waals surface area contributed by atoms with Crippen molar-refractivity contribution < 1.29 is 14.3 Å². The Labute approximate surface area is 162 Å². The van der Waals surface area contributed by atoms with Crippen LogP contribution in [-0.2, 0) is 0 Å². The van der Waals surface area contributed by atoms with Gasteiger partial charge in [-0.15, -0.1) is 5.01 Å². The quantitative estimate of drug-likeness (QED) is 0.808. The van der Waals surface area contributed by atoms with Crippen LogP contribution in [0.2, 0.25) is 0 Å². The van der Waals surface area contributed by atoms with E-state index < -0.39 is 12.1 Å². The van der Waals surface area contributed by atoms with Gasteiger partial charge in [-0.05, 0) is 47.4 Å². The number of hydrazone groups is 1. The normalized spacial score (nSPS) is 27.8. The number of nitrogens with one attached hydrogen (secondary N) is 2. The number of nitrogens with zero attached hydrogens (tertiary/aromatic N) is 2. The summed E-state index contributed by atoms with van der Waals surface area (Å²) < 4.78 is 5.13. The molecule has 7 nitrogen and oxygen atoms in total. The summed E-state index contributed by atoms with van der Waals surface area (Å²) in [7, 11) is 1.59. The predicted octanol–water partition coefficient (Wildman–Crippen LogP) is 2.79. The molecule has 2 aliphatic carbocycles. The van der Waals surface area contributed by atoms with Gasteiger partial charge in [-0.25, -0.2) is 9.59 Å². The number of imide groups is 1. The number of ether oxygens (including phenoxy) is 1. The van der Waals surface area contributed by atoms with Gasteiger partial charge in [0.05, 0.1) is 13.3 Å². The van der Waals surface area contributed by atoms with Crippen molar-refractivity contribution in [2.24, 2.45) is 5.10 Å². The molecule has 3 aliphatic rings. The van der Waals surface area contributed by atoms with Crippen molar-refractivity contribution in [3.05, 3.63) is 65.2 Å². The van der Waals surface area contributed by atoms with Crippen LogP contribution in [0.4, 0.5) is 9.59 Å². The van der Waals surface area contributed by atoms with Gasteiger partial charge in [0.1, 0.15) is 5.75 Å². The average molecular weight is 376 g/mol. The molecule has 4 bridgehead atoms. The number of hydrogen-bond donors (Lipinski definition) is 2.